The highest BCUT2D eigenvalue weighted by atomic mass is 19.1. The maximum Gasteiger partial charge on any atom is 0.270 e. The van der Waals surface area contributed by atoms with Crippen LogP contribution >= 0.6 is 0 Å². The third kappa shape index (κ3) is 7.76. The lowest BCUT2D eigenvalue weighted by molar-refractivity contribution is -0.137. The molecule has 2 aliphatic carbocycles. The monoisotopic (exact) mass is 637 g/mol. The molecule has 12 heteroatoms. The lowest BCUT2D eigenvalue weighted by atomic mass is 9.83. The molecule has 1 saturated heterocycles. The van der Waals surface area contributed by atoms with Gasteiger partial charge in [0.1, 0.15) is 23.6 Å². The largest absolute Gasteiger partial charge is 0.344 e. The second kappa shape index (κ2) is 15.2. The van der Waals surface area contributed by atoms with Crippen LogP contribution in [0.15, 0.2) is 18.2 Å². The SMILES string of the molecule is CCC(=O)N[C@H](Cc1ccc(NC(=O)[C@@H](NC(=O)c2c3c(nn2CC)CCC3)C2CCCCC2)c(F)c1)C(=O)N1CCN(C)CC1. The van der Waals surface area contributed by atoms with Crippen molar-refractivity contribution in [3.63, 3.8) is 0 Å². The summed E-state index contributed by atoms with van der Waals surface area (Å²) in [5.41, 5.74) is 2.97. The molecule has 4 amide bonds. The van der Waals surface area contributed by atoms with Gasteiger partial charge in [-0.2, -0.15) is 5.10 Å². The van der Waals surface area contributed by atoms with Crippen molar-refractivity contribution in [2.75, 3.05) is 38.5 Å². The van der Waals surface area contributed by atoms with E-state index in [9.17, 15) is 19.2 Å². The number of rotatable bonds is 11. The Morgan fingerprint density at radius 2 is 1.72 bits per heavy atom. The number of nitrogens with one attached hydrogen (secondary N) is 3. The molecule has 2 atom stereocenters. The van der Waals surface area contributed by atoms with E-state index in [1.54, 1.807) is 22.6 Å². The van der Waals surface area contributed by atoms with Crippen LogP contribution in [0.5, 0.6) is 0 Å². The molecule has 2 aromatic rings. The van der Waals surface area contributed by atoms with Crippen LogP contribution in [0.4, 0.5) is 10.1 Å². The standard InChI is InChI=1S/C34H48FN7O4/c1-4-29(43)36-28(34(46)41-18-16-40(3)17-19-41)21-22-14-15-27(25(35)20-22)37-32(44)30(23-10-7-6-8-11-23)38-33(45)31-24-12-9-13-26(24)39-42(31)5-2/h14-15,20,23,28,30H,4-13,16-19,21H2,1-3H3,(H,36,43)(H,37,44)(H,38,45)/t28-,30+/m1/s1. The minimum atomic E-state index is -0.820. The Kier molecular flexibility index (Phi) is 11.1. The number of likely N-dealkylation sites (N-methyl/N-ethyl adjacent to an activating group) is 1. The Morgan fingerprint density at radius 1 is 0.978 bits per heavy atom. The Hall–Kier alpha value is -3.80. The summed E-state index contributed by atoms with van der Waals surface area (Å²) in [6.45, 7) is 6.84. The van der Waals surface area contributed by atoms with Gasteiger partial charge in [-0.25, -0.2) is 4.39 Å². The minimum absolute atomic E-state index is 0.00263. The molecule has 2 fully saturated rings. The van der Waals surface area contributed by atoms with Crippen molar-refractivity contribution in [2.45, 2.75) is 96.7 Å². The number of aromatic nitrogens is 2. The molecule has 1 saturated carbocycles. The Labute approximate surface area is 270 Å². The summed E-state index contributed by atoms with van der Waals surface area (Å²) in [5, 5.41) is 13.2. The zero-order valence-electron chi connectivity index (χ0n) is 27.4. The fraction of sp³-hybridized carbons (Fsp3) is 0.618. The number of benzene rings is 1. The van der Waals surface area contributed by atoms with E-state index in [1.807, 2.05) is 14.0 Å². The molecule has 0 bridgehead atoms. The van der Waals surface area contributed by atoms with Crippen LogP contribution in [0.25, 0.3) is 0 Å². The van der Waals surface area contributed by atoms with Crippen LogP contribution in [0.1, 0.15) is 86.1 Å². The van der Waals surface area contributed by atoms with Crippen molar-refractivity contribution < 1.29 is 23.6 Å². The van der Waals surface area contributed by atoms with Gasteiger partial charge in [0.25, 0.3) is 5.91 Å². The predicted molar refractivity (Wildman–Crippen MR) is 173 cm³/mol. The predicted octanol–water partition coefficient (Wildman–Crippen LogP) is 3.06. The number of nitrogens with zero attached hydrogens (tertiary/aromatic N) is 4. The third-order valence-corrected chi connectivity index (χ3v) is 9.68. The first kappa shape index (κ1) is 33.6. The number of piperazine rings is 1. The van der Waals surface area contributed by atoms with Crippen LogP contribution in [-0.2, 0) is 40.2 Å². The Balaban J connectivity index is 1.30. The number of carbonyl (C=O) groups excluding carboxylic acids is 4. The van der Waals surface area contributed by atoms with Gasteiger partial charge in [0, 0.05) is 51.1 Å². The second-order valence-electron chi connectivity index (χ2n) is 12.9. The average molecular weight is 638 g/mol. The topological polar surface area (TPSA) is 129 Å². The summed E-state index contributed by atoms with van der Waals surface area (Å²) in [7, 11) is 2.00. The van der Waals surface area contributed by atoms with E-state index in [-0.39, 0.29) is 42.2 Å². The first-order valence-electron chi connectivity index (χ1n) is 16.9. The van der Waals surface area contributed by atoms with E-state index in [1.165, 1.54) is 12.1 Å². The summed E-state index contributed by atoms with van der Waals surface area (Å²) >= 11 is 0. The van der Waals surface area contributed by atoms with Crippen LogP contribution in [0.2, 0.25) is 0 Å². The molecule has 1 aromatic carbocycles. The number of carbonyl (C=O) groups is 4. The maximum absolute atomic E-state index is 15.5. The molecule has 3 N–H and O–H groups in total. The van der Waals surface area contributed by atoms with Gasteiger partial charge in [0.05, 0.1) is 11.4 Å². The molecule has 1 aliphatic heterocycles. The molecule has 5 rings (SSSR count). The van der Waals surface area contributed by atoms with Crippen molar-refractivity contribution in [3.8, 4) is 0 Å². The zero-order chi connectivity index (χ0) is 32.8. The number of halogens is 1. The molecule has 250 valence electrons. The number of hydrogen-bond donors (Lipinski definition) is 3. The highest BCUT2D eigenvalue weighted by molar-refractivity contribution is 6.01. The summed E-state index contributed by atoms with van der Waals surface area (Å²) in [6, 6.07) is 2.81. The average Bonchev–Trinajstić information content (AvgIpc) is 3.66. The fourth-order valence-corrected chi connectivity index (χ4v) is 6.98. The summed E-state index contributed by atoms with van der Waals surface area (Å²) < 4.78 is 17.2. The molecular formula is C34H48FN7O4. The van der Waals surface area contributed by atoms with Crippen LogP contribution in [0.3, 0.4) is 0 Å². The molecule has 11 nitrogen and oxygen atoms in total. The first-order chi connectivity index (χ1) is 22.2. The van der Waals surface area contributed by atoms with E-state index in [0.717, 1.165) is 75.7 Å². The van der Waals surface area contributed by atoms with Gasteiger partial charge in [0.15, 0.2) is 0 Å². The molecule has 1 aromatic heterocycles. The molecule has 2 heterocycles. The summed E-state index contributed by atoms with van der Waals surface area (Å²) in [5.74, 6) is -1.91. The van der Waals surface area contributed by atoms with Gasteiger partial charge in [-0.05, 0) is 69.7 Å². The lowest BCUT2D eigenvalue weighted by Gasteiger charge is -2.34. The molecular weight excluding hydrogens is 589 g/mol. The van der Waals surface area contributed by atoms with E-state index < -0.39 is 23.8 Å². The Bertz CT molecular complexity index is 1430. The molecule has 0 spiro atoms. The second-order valence-corrected chi connectivity index (χ2v) is 12.9. The minimum Gasteiger partial charge on any atom is -0.344 e. The van der Waals surface area contributed by atoms with Crippen LogP contribution < -0.4 is 16.0 Å². The zero-order valence-corrected chi connectivity index (χ0v) is 27.4. The maximum atomic E-state index is 15.5. The molecule has 0 unspecified atom stereocenters. The lowest BCUT2D eigenvalue weighted by Crippen LogP contribution is -2.54. The third-order valence-electron chi connectivity index (χ3n) is 9.68. The van der Waals surface area contributed by atoms with Crippen molar-refractivity contribution in [2.24, 2.45) is 5.92 Å². The van der Waals surface area contributed by atoms with Gasteiger partial charge < -0.3 is 25.8 Å². The smallest absolute Gasteiger partial charge is 0.270 e. The van der Waals surface area contributed by atoms with Gasteiger partial charge in [0.2, 0.25) is 17.7 Å². The summed E-state index contributed by atoms with van der Waals surface area (Å²) in [6.07, 6.45) is 7.58. The normalized spacial score (nSPS) is 18.5. The van der Waals surface area contributed by atoms with Crippen molar-refractivity contribution in [3.05, 3.63) is 46.5 Å². The van der Waals surface area contributed by atoms with E-state index in [0.29, 0.717) is 30.9 Å². The first-order valence-corrected chi connectivity index (χ1v) is 16.9. The Morgan fingerprint density at radius 3 is 2.39 bits per heavy atom. The fourth-order valence-electron chi connectivity index (χ4n) is 6.98. The van der Waals surface area contributed by atoms with Crippen LogP contribution in [0, 0.1) is 11.7 Å². The van der Waals surface area contributed by atoms with Gasteiger partial charge in [-0.15, -0.1) is 0 Å². The molecule has 0 radical (unpaired) electrons. The van der Waals surface area contributed by atoms with E-state index >= 15 is 4.39 Å². The number of fused-ring (bicyclic) bond motifs is 1. The highest BCUT2D eigenvalue weighted by Gasteiger charge is 2.35. The number of aryl methyl sites for hydroxylation is 2. The van der Waals surface area contributed by atoms with E-state index in [4.69, 9.17) is 0 Å². The van der Waals surface area contributed by atoms with Crippen molar-refractivity contribution >= 4 is 29.3 Å². The number of hydrogen-bond acceptors (Lipinski definition) is 6. The van der Waals surface area contributed by atoms with E-state index in [2.05, 4.69) is 25.9 Å². The number of anilines is 1. The van der Waals surface area contributed by atoms with Gasteiger partial charge in [-0.3, -0.25) is 23.9 Å². The van der Waals surface area contributed by atoms with Gasteiger partial charge in [-0.1, -0.05) is 32.3 Å². The van der Waals surface area contributed by atoms with Crippen molar-refractivity contribution in [1.82, 2.24) is 30.2 Å². The highest BCUT2D eigenvalue weighted by Crippen LogP contribution is 2.29. The molecule has 3 aliphatic rings. The quantitative estimate of drug-likeness (QED) is 0.348. The van der Waals surface area contributed by atoms with Crippen molar-refractivity contribution in [1.29, 1.82) is 0 Å². The van der Waals surface area contributed by atoms with Gasteiger partial charge >= 0.3 is 0 Å². The summed E-state index contributed by atoms with van der Waals surface area (Å²) in [4.78, 5) is 56.9. The van der Waals surface area contributed by atoms with Crippen LogP contribution in [-0.4, -0.2) is 88.5 Å². The number of amides is 4. The molecule has 46 heavy (non-hydrogen) atoms.